The molecular formula is C22H24N4O. The number of anilines is 3. The molecule has 5 heteroatoms. The van der Waals surface area contributed by atoms with Gasteiger partial charge in [0.15, 0.2) is 0 Å². The number of hydrogen-bond donors (Lipinski definition) is 2. The number of hydrogen-bond acceptors (Lipinski definition) is 5. The smallest absolute Gasteiger partial charge is 0.135 e. The zero-order valence-corrected chi connectivity index (χ0v) is 15.3. The first-order valence-electron chi connectivity index (χ1n) is 9.42. The van der Waals surface area contributed by atoms with E-state index < -0.39 is 0 Å². The van der Waals surface area contributed by atoms with Crippen molar-refractivity contribution < 1.29 is 5.11 Å². The molecule has 2 aromatic carbocycles. The van der Waals surface area contributed by atoms with E-state index in [0.29, 0.717) is 0 Å². The Labute approximate surface area is 159 Å². The Morgan fingerprint density at radius 3 is 2.44 bits per heavy atom. The maximum absolute atomic E-state index is 9.65. The number of nitrogens with one attached hydrogen (secondary N) is 1. The number of aliphatic hydroxyl groups is 1. The van der Waals surface area contributed by atoms with Crippen molar-refractivity contribution in [3.8, 4) is 0 Å². The second kappa shape index (κ2) is 8.18. The van der Waals surface area contributed by atoms with Gasteiger partial charge < -0.3 is 15.3 Å². The van der Waals surface area contributed by atoms with E-state index in [9.17, 15) is 5.11 Å². The van der Waals surface area contributed by atoms with Crippen LogP contribution < -0.4 is 10.2 Å². The van der Waals surface area contributed by atoms with Gasteiger partial charge in [-0.2, -0.15) is 0 Å². The van der Waals surface area contributed by atoms with Gasteiger partial charge in [0.05, 0.1) is 6.10 Å². The highest BCUT2D eigenvalue weighted by Gasteiger charge is 2.17. The highest BCUT2D eigenvalue weighted by molar-refractivity contribution is 5.60. The summed E-state index contributed by atoms with van der Waals surface area (Å²) in [5, 5.41) is 13.0. The molecule has 0 bridgehead atoms. The molecule has 1 aromatic heterocycles. The van der Waals surface area contributed by atoms with Crippen LogP contribution in [0.15, 0.2) is 66.9 Å². The van der Waals surface area contributed by atoms with Crippen molar-refractivity contribution in [2.45, 2.75) is 25.4 Å². The maximum Gasteiger partial charge on any atom is 0.135 e. The zero-order chi connectivity index (χ0) is 18.5. The third kappa shape index (κ3) is 4.63. The Bertz CT molecular complexity index is 859. The number of rotatable bonds is 5. The fourth-order valence-electron chi connectivity index (χ4n) is 3.36. The third-order valence-electron chi connectivity index (χ3n) is 4.88. The Morgan fingerprint density at radius 1 is 0.963 bits per heavy atom. The van der Waals surface area contributed by atoms with Crippen LogP contribution in [0.25, 0.3) is 0 Å². The van der Waals surface area contributed by atoms with Crippen molar-refractivity contribution in [1.82, 2.24) is 9.97 Å². The fraction of sp³-hybridized carbons (Fsp3) is 0.273. The van der Waals surface area contributed by atoms with E-state index in [-0.39, 0.29) is 6.10 Å². The standard InChI is InChI=1S/C22H24N4O/c27-20-11-14-26(15-12-20)19-8-6-18(7-9-19)24-21-10-13-23-22(25-21)16-17-4-2-1-3-5-17/h1-10,13,20,27H,11-12,14-16H2,(H,23,24,25). The van der Waals surface area contributed by atoms with Gasteiger partial charge in [-0.1, -0.05) is 30.3 Å². The Balaban J connectivity index is 1.41. The minimum atomic E-state index is -0.148. The number of benzene rings is 2. The molecule has 0 aliphatic carbocycles. The molecule has 138 valence electrons. The van der Waals surface area contributed by atoms with Crippen LogP contribution in [0.3, 0.4) is 0 Å². The summed E-state index contributed by atoms with van der Waals surface area (Å²) in [5.41, 5.74) is 3.39. The van der Waals surface area contributed by atoms with Crippen LogP contribution in [0.1, 0.15) is 24.2 Å². The molecule has 0 radical (unpaired) electrons. The predicted octanol–water partition coefficient (Wildman–Crippen LogP) is 3.77. The van der Waals surface area contributed by atoms with E-state index in [1.165, 1.54) is 11.3 Å². The summed E-state index contributed by atoms with van der Waals surface area (Å²) in [5.74, 6) is 1.60. The highest BCUT2D eigenvalue weighted by Crippen LogP contribution is 2.23. The van der Waals surface area contributed by atoms with E-state index in [0.717, 1.165) is 49.7 Å². The number of aliphatic hydroxyl groups excluding tert-OH is 1. The lowest BCUT2D eigenvalue weighted by Gasteiger charge is -2.31. The van der Waals surface area contributed by atoms with Crippen molar-refractivity contribution in [3.05, 3.63) is 78.2 Å². The number of nitrogens with zero attached hydrogens (tertiary/aromatic N) is 3. The molecule has 0 saturated carbocycles. The van der Waals surface area contributed by atoms with Gasteiger partial charge in [0.1, 0.15) is 11.6 Å². The van der Waals surface area contributed by atoms with Gasteiger partial charge in [-0.25, -0.2) is 9.97 Å². The minimum Gasteiger partial charge on any atom is -0.393 e. The molecule has 1 fully saturated rings. The summed E-state index contributed by atoms with van der Waals surface area (Å²) in [4.78, 5) is 11.3. The Hall–Kier alpha value is -2.92. The van der Waals surface area contributed by atoms with Crippen LogP contribution in [0.2, 0.25) is 0 Å². The SMILES string of the molecule is OC1CCN(c2ccc(Nc3ccnc(Cc4ccccc4)n3)cc2)CC1. The monoisotopic (exact) mass is 360 g/mol. The average Bonchev–Trinajstić information content (AvgIpc) is 2.70. The molecule has 0 unspecified atom stereocenters. The van der Waals surface area contributed by atoms with E-state index >= 15 is 0 Å². The second-order valence-corrected chi connectivity index (χ2v) is 6.91. The van der Waals surface area contributed by atoms with E-state index in [1.54, 1.807) is 6.20 Å². The summed E-state index contributed by atoms with van der Waals surface area (Å²) >= 11 is 0. The number of aromatic nitrogens is 2. The Morgan fingerprint density at radius 2 is 1.70 bits per heavy atom. The zero-order valence-electron chi connectivity index (χ0n) is 15.3. The molecule has 2 N–H and O–H groups in total. The molecule has 2 heterocycles. The molecule has 0 atom stereocenters. The van der Waals surface area contributed by atoms with Crippen LogP contribution in [0.4, 0.5) is 17.2 Å². The summed E-state index contributed by atoms with van der Waals surface area (Å²) in [7, 11) is 0. The molecular weight excluding hydrogens is 336 g/mol. The van der Waals surface area contributed by atoms with Crippen LogP contribution in [-0.4, -0.2) is 34.3 Å². The molecule has 4 rings (SSSR count). The second-order valence-electron chi connectivity index (χ2n) is 6.91. The first kappa shape index (κ1) is 17.5. The Kier molecular flexibility index (Phi) is 5.30. The fourth-order valence-corrected chi connectivity index (χ4v) is 3.36. The maximum atomic E-state index is 9.65. The lowest BCUT2D eigenvalue weighted by atomic mass is 10.1. The molecule has 0 amide bonds. The van der Waals surface area contributed by atoms with Crippen molar-refractivity contribution >= 4 is 17.2 Å². The first-order valence-corrected chi connectivity index (χ1v) is 9.42. The molecule has 1 aliphatic rings. The van der Waals surface area contributed by atoms with E-state index in [1.807, 2.05) is 24.3 Å². The normalized spacial score (nSPS) is 14.9. The molecule has 1 aliphatic heterocycles. The van der Waals surface area contributed by atoms with Crippen LogP contribution in [-0.2, 0) is 6.42 Å². The van der Waals surface area contributed by atoms with Crippen molar-refractivity contribution in [3.63, 3.8) is 0 Å². The van der Waals surface area contributed by atoms with Gasteiger partial charge in [-0.05, 0) is 48.7 Å². The van der Waals surface area contributed by atoms with Gasteiger partial charge in [0.2, 0.25) is 0 Å². The predicted molar refractivity (Wildman–Crippen MR) is 108 cm³/mol. The van der Waals surface area contributed by atoms with Crippen LogP contribution in [0.5, 0.6) is 0 Å². The van der Waals surface area contributed by atoms with Crippen LogP contribution >= 0.6 is 0 Å². The molecule has 5 nitrogen and oxygen atoms in total. The van der Waals surface area contributed by atoms with Gasteiger partial charge in [-0.15, -0.1) is 0 Å². The lowest BCUT2D eigenvalue weighted by Crippen LogP contribution is -2.35. The molecule has 3 aromatic rings. The van der Waals surface area contributed by atoms with Gasteiger partial charge in [0.25, 0.3) is 0 Å². The van der Waals surface area contributed by atoms with Gasteiger partial charge in [-0.3, -0.25) is 0 Å². The quantitative estimate of drug-likeness (QED) is 0.725. The van der Waals surface area contributed by atoms with Crippen molar-refractivity contribution in [1.29, 1.82) is 0 Å². The largest absolute Gasteiger partial charge is 0.393 e. The summed E-state index contributed by atoms with van der Waals surface area (Å²) < 4.78 is 0. The van der Waals surface area contributed by atoms with E-state index in [2.05, 4.69) is 56.6 Å². The lowest BCUT2D eigenvalue weighted by molar-refractivity contribution is 0.145. The van der Waals surface area contributed by atoms with Crippen molar-refractivity contribution in [2.75, 3.05) is 23.3 Å². The topological polar surface area (TPSA) is 61.3 Å². The number of piperidine rings is 1. The molecule has 0 spiro atoms. The highest BCUT2D eigenvalue weighted by atomic mass is 16.3. The average molecular weight is 360 g/mol. The third-order valence-corrected chi connectivity index (χ3v) is 4.88. The summed E-state index contributed by atoms with van der Waals surface area (Å²) in [6.07, 6.45) is 4.04. The molecule has 1 saturated heterocycles. The van der Waals surface area contributed by atoms with E-state index in [4.69, 9.17) is 0 Å². The van der Waals surface area contributed by atoms with Gasteiger partial charge >= 0.3 is 0 Å². The van der Waals surface area contributed by atoms with Crippen molar-refractivity contribution in [2.24, 2.45) is 0 Å². The molecule has 27 heavy (non-hydrogen) atoms. The van der Waals surface area contributed by atoms with Crippen LogP contribution in [0, 0.1) is 0 Å². The van der Waals surface area contributed by atoms with Gasteiger partial charge in [0, 0.05) is 37.1 Å². The summed E-state index contributed by atoms with van der Waals surface area (Å²) in [6, 6.07) is 20.5. The summed E-state index contributed by atoms with van der Waals surface area (Å²) in [6.45, 7) is 1.81. The first-order chi connectivity index (χ1) is 13.3. The minimum absolute atomic E-state index is 0.148.